The van der Waals surface area contributed by atoms with Crippen molar-refractivity contribution in [2.75, 3.05) is 13.4 Å². The Labute approximate surface area is 190 Å². The topological polar surface area (TPSA) is 49.3 Å². The summed E-state index contributed by atoms with van der Waals surface area (Å²) in [6.07, 6.45) is 18.3. The van der Waals surface area contributed by atoms with E-state index >= 15 is 0 Å². The predicted octanol–water partition coefficient (Wildman–Crippen LogP) is 6.45. The second-order valence-electron chi connectivity index (χ2n) is 11.4. The molecule has 4 fully saturated rings. The SMILES string of the molecule is CO.CSNC(=O)CCCC1CCC2C3C[C@H](C)C4CCCCC4(C)[C@H]3CCC12C. The van der Waals surface area contributed by atoms with Gasteiger partial charge >= 0.3 is 0 Å². The fourth-order valence-electron chi connectivity index (χ4n) is 9.07. The minimum atomic E-state index is 0.216. The van der Waals surface area contributed by atoms with E-state index in [0.717, 1.165) is 49.0 Å². The molecule has 174 valence electrons. The van der Waals surface area contributed by atoms with Crippen LogP contribution in [0.2, 0.25) is 0 Å². The lowest BCUT2D eigenvalue weighted by atomic mass is 9.43. The molecule has 0 aromatic carbocycles. The Bertz CT molecular complexity index is 583. The van der Waals surface area contributed by atoms with Gasteiger partial charge in [-0.3, -0.25) is 4.79 Å². The Balaban J connectivity index is 0.00000124. The molecule has 0 heterocycles. The van der Waals surface area contributed by atoms with E-state index in [1.165, 1.54) is 76.2 Å². The number of rotatable bonds is 5. The lowest BCUT2D eigenvalue weighted by Crippen LogP contribution is -2.55. The molecule has 1 amide bonds. The molecule has 0 spiro atoms. The Kier molecular flexibility index (Phi) is 8.26. The maximum atomic E-state index is 11.8. The number of fused-ring (bicyclic) bond motifs is 5. The van der Waals surface area contributed by atoms with Crippen LogP contribution in [0.4, 0.5) is 0 Å². The van der Waals surface area contributed by atoms with Gasteiger partial charge in [-0.05, 0) is 104 Å². The number of nitrogens with one attached hydrogen (secondary N) is 1. The zero-order valence-electron chi connectivity index (χ0n) is 20.2. The van der Waals surface area contributed by atoms with E-state index < -0.39 is 0 Å². The third-order valence-electron chi connectivity index (χ3n) is 10.3. The van der Waals surface area contributed by atoms with Crippen LogP contribution in [0.25, 0.3) is 0 Å². The van der Waals surface area contributed by atoms with Crippen LogP contribution in [0.3, 0.4) is 0 Å². The van der Waals surface area contributed by atoms with Gasteiger partial charge in [0.05, 0.1) is 0 Å². The van der Waals surface area contributed by atoms with Gasteiger partial charge in [0, 0.05) is 19.8 Å². The van der Waals surface area contributed by atoms with Gasteiger partial charge in [0.1, 0.15) is 0 Å². The van der Waals surface area contributed by atoms with Gasteiger partial charge in [0.15, 0.2) is 0 Å². The molecule has 4 aliphatic carbocycles. The summed E-state index contributed by atoms with van der Waals surface area (Å²) in [5.41, 5.74) is 1.19. The van der Waals surface area contributed by atoms with Crippen molar-refractivity contribution in [2.24, 2.45) is 46.3 Å². The standard InChI is InChI=1S/C25H43NOS.CH4O/c1-17-16-19-21-12-11-18(8-7-10-23(27)26-28-4)24(21,2)15-13-22(19)25(3)14-6-5-9-20(17)25;1-2/h17-22H,5-16H2,1-4H3,(H,26,27);2H,1H3/t17-,18?,19?,20?,21?,22-,24?,25?;/m0./s1. The highest BCUT2D eigenvalue weighted by Gasteiger charge is 2.60. The molecule has 0 aliphatic heterocycles. The van der Waals surface area contributed by atoms with E-state index in [4.69, 9.17) is 5.11 Å². The van der Waals surface area contributed by atoms with Crippen molar-refractivity contribution >= 4 is 17.9 Å². The number of aliphatic hydroxyl groups is 1. The van der Waals surface area contributed by atoms with Gasteiger partial charge in [0.25, 0.3) is 0 Å². The molecule has 4 saturated carbocycles. The maximum absolute atomic E-state index is 11.8. The van der Waals surface area contributed by atoms with Crippen molar-refractivity contribution in [1.82, 2.24) is 4.72 Å². The van der Waals surface area contributed by atoms with E-state index in [0.29, 0.717) is 17.3 Å². The Morgan fingerprint density at radius 3 is 2.47 bits per heavy atom. The summed E-state index contributed by atoms with van der Waals surface area (Å²) >= 11 is 1.43. The Hall–Kier alpha value is -0.220. The molecule has 0 radical (unpaired) electrons. The summed E-state index contributed by atoms with van der Waals surface area (Å²) in [5.74, 6) is 5.94. The molecule has 4 aliphatic rings. The van der Waals surface area contributed by atoms with Crippen LogP contribution in [0, 0.1) is 46.3 Å². The van der Waals surface area contributed by atoms with Crippen molar-refractivity contribution < 1.29 is 9.90 Å². The second kappa shape index (κ2) is 10.1. The molecule has 0 aromatic heterocycles. The zero-order valence-corrected chi connectivity index (χ0v) is 21.0. The summed E-state index contributed by atoms with van der Waals surface area (Å²) in [7, 11) is 1.00. The fourth-order valence-corrected chi connectivity index (χ4v) is 9.40. The largest absolute Gasteiger partial charge is 0.400 e. The first-order valence-corrected chi connectivity index (χ1v) is 13.9. The predicted molar refractivity (Wildman–Crippen MR) is 128 cm³/mol. The second-order valence-corrected chi connectivity index (χ2v) is 12.0. The van der Waals surface area contributed by atoms with E-state index in [-0.39, 0.29) is 5.91 Å². The monoisotopic (exact) mass is 437 g/mol. The van der Waals surface area contributed by atoms with E-state index in [1.807, 2.05) is 6.26 Å². The van der Waals surface area contributed by atoms with Crippen molar-refractivity contribution in [3.05, 3.63) is 0 Å². The highest BCUT2D eigenvalue weighted by molar-refractivity contribution is 7.97. The summed E-state index contributed by atoms with van der Waals surface area (Å²) < 4.78 is 2.89. The highest BCUT2D eigenvalue weighted by Crippen LogP contribution is 2.68. The summed E-state index contributed by atoms with van der Waals surface area (Å²) in [4.78, 5) is 11.8. The first-order chi connectivity index (χ1) is 14.4. The first kappa shape index (κ1) is 24.4. The van der Waals surface area contributed by atoms with Crippen molar-refractivity contribution in [3.8, 4) is 0 Å². The van der Waals surface area contributed by atoms with Gasteiger partial charge in [-0.1, -0.05) is 45.6 Å². The normalized spacial score (nSPS) is 44.7. The van der Waals surface area contributed by atoms with Crippen LogP contribution in [-0.2, 0) is 4.79 Å². The van der Waals surface area contributed by atoms with Crippen molar-refractivity contribution in [3.63, 3.8) is 0 Å². The smallest absolute Gasteiger partial charge is 0.229 e. The maximum Gasteiger partial charge on any atom is 0.229 e. The number of carbonyl (C=O) groups excluding carboxylic acids is 1. The molecular weight excluding hydrogens is 390 g/mol. The average molecular weight is 438 g/mol. The van der Waals surface area contributed by atoms with E-state index in [2.05, 4.69) is 25.5 Å². The first-order valence-electron chi connectivity index (χ1n) is 12.7. The van der Waals surface area contributed by atoms with Crippen LogP contribution < -0.4 is 4.72 Å². The summed E-state index contributed by atoms with van der Waals surface area (Å²) in [6.45, 7) is 7.93. The van der Waals surface area contributed by atoms with Gasteiger partial charge in [-0.2, -0.15) is 0 Å². The van der Waals surface area contributed by atoms with Crippen molar-refractivity contribution in [2.45, 2.75) is 97.8 Å². The quantitative estimate of drug-likeness (QED) is 0.486. The number of amides is 1. The lowest BCUT2D eigenvalue weighted by Gasteiger charge is -2.62. The van der Waals surface area contributed by atoms with E-state index in [1.54, 1.807) is 0 Å². The minimum absolute atomic E-state index is 0.216. The lowest BCUT2D eigenvalue weighted by molar-refractivity contribution is -0.132. The van der Waals surface area contributed by atoms with Crippen LogP contribution >= 0.6 is 11.9 Å². The van der Waals surface area contributed by atoms with Gasteiger partial charge in [-0.15, -0.1) is 0 Å². The average Bonchev–Trinajstić information content (AvgIpc) is 3.06. The van der Waals surface area contributed by atoms with Gasteiger partial charge in [0.2, 0.25) is 5.91 Å². The molecular formula is C26H47NO2S. The molecule has 4 rings (SSSR count). The molecule has 8 atom stereocenters. The third-order valence-corrected chi connectivity index (χ3v) is 10.7. The molecule has 0 saturated heterocycles. The Morgan fingerprint density at radius 1 is 1.00 bits per heavy atom. The number of hydrogen-bond acceptors (Lipinski definition) is 3. The molecule has 3 nitrogen and oxygen atoms in total. The number of aliphatic hydroxyl groups excluding tert-OH is 1. The molecule has 0 bridgehead atoms. The number of carbonyl (C=O) groups is 1. The third kappa shape index (κ3) is 4.34. The molecule has 6 unspecified atom stereocenters. The highest BCUT2D eigenvalue weighted by atomic mass is 32.2. The molecule has 4 heteroatoms. The number of hydrogen-bond donors (Lipinski definition) is 2. The van der Waals surface area contributed by atoms with Crippen LogP contribution in [-0.4, -0.2) is 24.4 Å². The Morgan fingerprint density at radius 2 is 1.73 bits per heavy atom. The zero-order chi connectivity index (χ0) is 21.9. The van der Waals surface area contributed by atoms with E-state index in [9.17, 15) is 4.79 Å². The molecule has 30 heavy (non-hydrogen) atoms. The van der Waals surface area contributed by atoms with Gasteiger partial charge in [-0.25, -0.2) is 0 Å². The fraction of sp³-hybridized carbons (Fsp3) is 0.962. The molecule has 2 N–H and O–H groups in total. The van der Waals surface area contributed by atoms with Crippen LogP contribution in [0.1, 0.15) is 97.8 Å². The minimum Gasteiger partial charge on any atom is -0.400 e. The van der Waals surface area contributed by atoms with Gasteiger partial charge < -0.3 is 9.83 Å². The summed E-state index contributed by atoms with van der Waals surface area (Å²) in [5, 5.41) is 7.00. The van der Waals surface area contributed by atoms with Crippen LogP contribution in [0.15, 0.2) is 0 Å². The molecule has 0 aromatic rings. The van der Waals surface area contributed by atoms with Crippen LogP contribution in [0.5, 0.6) is 0 Å². The van der Waals surface area contributed by atoms with Crippen molar-refractivity contribution in [1.29, 1.82) is 0 Å². The summed E-state index contributed by atoms with van der Waals surface area (Å²) in [6, 6.07) is 0.